The summed E-state index contributed by atoms with van der Waals surface area (Å²) in [5.41, 5.74) is 5.91. The number of rotatable bonds is 2. The molecule has 1 fully saturated rings. The fourth-order valence-electron chi connectivity index (χ4n) is 2.76. The highest BCUT2D eigenvalue weighted by Gasteiger charge is 2.39. The first-order valence-corrected chi connectivity index (χ1v) is 8.27. The summed E-state index contributed by atoms with van der Waals surface area (Å²) in [6.45, 7) is 2.44. The molecule has 2 N–H and O–H groups in total. The van der Waals surface area contributed by atoms with Crippen LogP contribution < -0.4 is 5.73 Å². The van der Waals surface area contributed by atoms with E-state index in [1.165, 1.54) is 6.92 Å². The van der Waals surface area contributed by atoms with Crippen LogP contribution in [0.4, 0.5) is 13.2 Å². The maximum atomic E-state index is 12.8. The molecule has 2 aromatic rings. The number of thiophene rings is 1. The van der Waals surface area contributed by atoms with Gasteiger partial charge in [-0.2, -0.15) is 13.2 Å². The van der Waals surface area contributed by atoms with E-state index in [-0.39, 0.29) is 23.2 Å². The number of alkyl halides is 3. The van der Waals surface area contributed by atoms with Crippen molar-refractivity contribution in [3.05, 3.63) is 28.3 Å². The molecule has 3 heterocycles. The van der Waals surface area contributed by atoms with Crippen molar-refractivity contribution in [2.24, 2.45) is 5.73 Å². The monoisotopic (exact) mass is 359 g/mol. The molecular weight excluding hydrogens is 343 g/mol. The Kier molecular flexibility index (Phi) is 4.39. The van der Waals surface area contributed by atoms with Crippen LogP contribution in [0.5, 0.6) is 0 Å². The normalized spacial score (nSPS) is 18.9. The van der Waals surface area contributed by atoms with Gasteiger partial charge < -0.3 is 15.2 Å². The van der Waals surface area contributed by atoms with Crippen molar-refractivity contribution in [3.8, 4) is 10.6 Å². The first-order chi connectivity index (χ1) is 11.3. The van der Waals surface area contributed by atoms with Gasteiger partial charge in [0, 0.05) is 24.7 Å². The van der Waals surface area contributed by atoms with Crippen molar-refractivity contribution < 1.29 is 22.5 Å². The summed E-state index contributed by atoms with van der Waals surface area (Å²) in [5.74, 6) is -1.26. The molecule has 1 amide bonds. The highest BCUT2D eigenvalue weighted by molar-refractivity contribution is 7.17. The summed E-state index contributed by atoms with van der Waals surface area (Å²) in [4.78, 5) is 15.1. The highest BCUT2D eigenvalue weighted by Crippen LogP contribution is 2.38. The van der Waals surface area contributed by atoms with Crippen LogP contribution in [0.15, 0.2) is 16.7 Å². The van der Waals surface area contributed by atoms with E-state index in [1.54, 1.807) is 17.0 Å². The molecule has 1 atom stereocenters. The molecule has 24 heavy (non-hydrogen) atoms. The Hall–Kier alpha value is -1.87. The van der Waals surface area contributed by atoms with Crippen molar-refractivity contribution in [2.75, 3.05) is 13.1 Å². The van der Waals surface area contributed by atoms with Crippen LogP contribution >= 0.6 is 11.3 Å². The van der Waals surface area contributed by atoms with Gasteiger partial charge in [0.15, 0.2) is 0 Å². The summed E-state index contributed by atoms with van der Waals surface area (Å²) in [6.07, 6.45) is -2.85. The molecule has 9 heteroatoms. The maximum Gasteiger partial charge on any atom is 0.452 e. The number of aromatic nitrogens is 1. The van der Waals surface area contributed by atoms with Crippen molar-refractivity contribution in [3.63, 3.8) is 0 Å². The number of likely N-dealkylation sites (tertiary alicyclic amines) is 1. The van der Waals surface area contributed by atoms with Crippen molar-refractivity contribution in [1.82, 2.24) is 10.1 Å². The molecule has 1 aliphatic rings. The Morgan fingerprint density at radius 3 is 2.83 bits per heavy atom. The van der Waals surface area contributed by atoms with Gasteiger partial charge in [-0.05, 0) is 31.9 Å². The highest BCUT2D eigenvalue weighted by atomic mass is 32.1. The molecule has 3 rings (SSSR count). The van der Waals surface area contributed by atoms with E-state index < -0.39 is 11.9 Å². The van der Waals surface area contributed by atoms with Crippen LogP contribution in [0.1, 0.15) is 33.8 Å². The number of hydrogen-bond acceptors (Lipinski definition) is 5. The van der Waals surface area contributed by atoms with Gasteiger partial charge in [0.05, 0.1) is 9.75 Å². The molecule has 0 aromatic carbocycles. The van der Waals surface area contributed by atoms with Gasteiger partial charge in [-0.15, -0.1) is 11.3 Å². The lowest BCUT2D eigenvalue weighted by atomic mass is 10.1. The van der Waals surface area contributed by atoms with Gasteiger partial charge >= 0.3 is 6.18 Å². The number of carbonyl (C=O) groups is 1. The maximum absolute atomic E-state index is 12.8. The van der Waals surface area contributed by atoms with Gasteiger partial charge in [-0.1, -0.05) is 5.16 Å². The molecule has 2 aromatic heterocycles. The van der Waals surface area contributed by atoms with Gasteiger partial charge in [0.1, 0.15) is 5.69 Å². The summed E-state index contributed by atoms with van der Waals surface area (Å²) in [6, 6.07) is 3.16. The number of amides is 1. The fourth-order valence-corrected chi connectivity index (χ4v) is 3.77. The largest absolute Gasteiger partial charge is 0.452 e. The fraction of sp³-hybridized carbons (Fsp3) is 0.467. The molecule has 0 aliphatic carbocycles. The second-order valence-electron chi connectivity index (χ2n) is 5.80. The van der Waals surface area contributed by atoms with Crippen LogP contribution in [0.3, 0.4) is 0 Å². The van der Waals surface area contributed by atoms with E-state index in [4.69, 9.17) is 5.73 Å². The lowest BCUT2D eigenvalue weighted by molar-refractivity contribution is -0.156. The van der Waals surface area contributed by atoms with Crippen molar-refractivity contribution >= 4 is 17.2 Å². The van der Waals surface area contributed by atoms with Crippen LogP contribution in [0.2, 0.25) is 0 Å². The molecule has 1 saturated heterocycles. The second-order valence-corrected chi connectivity index (χ2v) is 6.88. The Morgan fingerprint density at radius 2 is 2.21 bits per heavy atom. The quantitative estimate of drug-likeness (QED) is 0.893. The van der Waals surface area contributed by atoms with Crippen LogP contribution in [-0.2, 0) is 6.18 Å². The zero-order chi connectivity index (χ0) is 17.5. The van der Waals surface area contributed by atoms with Crippen molar-refractivity contribution in [2.45, 2.75) is 32.0 Å². The molecule has 0 radical (unpaired) electrons. The molecule has 1 aliphatic heterocycles. The molecule has 0 saturated carbocycles. The first kappa shape index (κ1) is 17.0. The van der Waals surface area contributed by atoms with E-state index in [0.717, 1.165) is 24.2 Å². The zero-order valence-electron chi connectivity index (χ0n) is 12.9. The minimum Gasteiger partial charge on any atom is -0.351 e. The molecule has 0 spiro atoms. The second kappa shape index (κ2) is 6.21. The number of piperidine rings is 1. The van der Waals surface area contributed by atoms with Crippen LogP contribution in [0, 0.1) is 6.92 Å². The third kappa shape index (κ3) is 3.18. The summed E-state index contributed by atoms with van der Waals surface area (Å²) in [5, 5.41) is 3.52. The predicted octanol–water partition coefficient (Wildman–Crippen LogP) is 3.29. The van der Waals surface area contributed by atoms with E-state index in [0.29, 0.717) is 22.8 Å². The molecule has 130 valence electrons. The van der Waals surface area contributed by atoms with Gasteiger partial charge in [-0.25, -0.2) is 0 Å². The minimum absolute atomic E-state index is 0.0331. The van der Waals surface area contributed by atoms with E-state index in [9.17, 15) is 18.0 Å². The lowest BCUT2D eigenvalue weighted by Gasteiger charge is -2.30. The van der Waals surface area contributed by atoms with Crippen molar-refractivity contribution in [1.29, 1.82) is 0 Å². The Balaban J connectivity index is 1.83. The Bertz CT molecular complexity index is 753. The summed E-state index contributed by atoms with van der Waals surface area (Å²) < 4.78 is 42.8. The number of carbonyl (C=O) groups excluding carboxylic acids is 1. The molecular formula is C15H16F3N3O2S. The number of hydrogen-bond donors (Lipinski definition) is 1. The summed E-state index contributed by atoms with van der Waals surface area (Å²) in [7, 11) is 0. The Morgan fingerprint density at radius 1 is 1.46 bits per heavy atom. The van der Waals surface area contributed by atoms with Crippen LogP contribution in [-0.4, -0.2) is 35.1 Å². The average Bonchev–Trinajstić information content (AvgIpc) is 3.12. The predicted molar refractivity (Wildman–Crippen MR) is 82.7 cm³/mol. The SMILES string of the molecule is Cc1c(-c2ccc(C(=O)N3CCC[C@@H](N)C3)s2)noc1C(F)(F)F. The number of nitrogens with two attached hydrogens (primary N) is 1. The van der Waals surface area contributed by atoms with Gasteiger partial charge in [0.25, 0.3) is 5.91 Å². The van der Waals surface area contributed by atoms with Crippen LogP contribution in [0.25, 0.3) is 10.6 Å². The van der Waals surface area contributed by atoms with Gasteiger partial charge in [-0.3, -0.25) is 4.79 Å². The number of halogens is 3. The van der Waals surface area contributed by atoms with E-state index >= 15 is 0 Å². The topological polar surface area (TPSA) is 72.4 Å². The summed E-state index contributed by atoms with van der Waals surface area (Å²) >= 11 is 1.11. The van der Waals surface area contributed by atoms with E-state index in [1.807, 2.05) is 0 Å². The minimum atomic E-state index is -4.59. The smallest absolute Gasteiger partial charge is 0.351 e. The first-order valence-electron chi connectivity index (χ1n) is 7.46. The molecule has 0 bridgehead atoms. The lowest BCUT2D eigenvalue weighted by Crippen LogP contribution is -2.45. The standard InChI is InChI=1S/C15H16F3N3O2S/c1-8-12(20-23-13(8)15(16,17)18)10-4-5-11(24-10)14(22)21-6-2-3-9(19)7-21/h4-5,9H,2-3,6-7,19H2,1H3/t9-/m1/s1. The third-order valence-electron chi connectivity index (χ3n) is 3.98. The Labute approximate surface area is 140 Å². The third-order valence-corrected chi connectivity index (χ3v) is 5.06. The van der Waals surface area contributed by atoms with E-state index in [2.05, 4.69) is 9.68 Å². The number of nitrogens with zero attached hydrogens (tertiary/aromatic N) is 2. The molecule has 0 unspecified atom stereocenters. The molecule has 5 nitrogen and oxygen atoms in total. The van der Waals surface area contributed by atoms with Gasteiger partial charge in [0.2, 0.25) is 5.76 Å². The zero-order valence-corrected chi connectivity index (χ0v) is 13.7. The average molecular weight is 359 g/mol.